The molecular weight excluding hydrogens is 507 g/mol. The van der Waals surface area contributed by atoms with E-state index >= 15 is 0 Å². The SMILES string of the molecule is CN(c1c(C#N)c(=O)n(C)c2ccc(C#N)nc12)C1CCCCC1.Fc1ccc(NCC2CC2)cc1OC1CC1. The molecule has 40 heavy (non-hydrogen) atoms. The van der Waals surface area contributed by atoms with Crippen LogP contribution in [-0.4, -0.2) is 35.3 Å². The van der Waals surface area contributed by atoms with E-state index in [1.165, 1.54) is 29.9 Å². The van der Waals surface area contributed by atoms with Crippen molar-refractivity contribution in [2.75, 3.05) is 23.8 Å². The number of fused-ring (bicyclic) bond motifs is 1. The van der Waals surface area contributed by atoms with E-state index in [0.29, 0.717) is 22.5 Å². The van der Waals surface area contributed by atoms with Crippen molar-refractivity contribution in [1.29, 1.82) is 10.5 Å². The molecule has 3 fully saturated rings. The third-order valence-corrected chi connectivity index (χ3v) is 7.96. The molecular formula is C31H35FN6O2. The number of nitrogens with zero attached hydrogens (tertiary/aromatic N) is 5. The maximum atomic E-state index is 13.4. The number of pyridine rings is 2. The van der Waals surface area contributed by atoms with Gasteiger partial charge >= 0.3 is 0 Å². The molecule has 9 heteroatoms. The molecule has 6 rings (SSSR count). The Bertz CT molecular complexity index is 1520. The second kappa shape index (κ2) is 12.0. The minimum atomic E-state index is -0.325. The Morgan fingerprint density at radius 1 is 1.07 bits per heavy atom. The van der Waals surface area contributed by atoms with Crippen LogP contribution in [0.3, 0.4) is 0 Å². The van der Waals surface area contributed by atoms with E-state index in [-0.39, 0.29) is 34.8 Å². The number of benzene rings is 1. The zero-order chi connectivity index (χ0) is 28.2. The van der Waals surface area contributed by atoms with E-state index in [9.17, 15) is 14.4 Å². The summed E-state index contributed by atoms with van der Waals surface area (Å²) >= 11 is 0. The molecule has 0 bridgehead atoms. The maximum absolute atomic E-state index is 13.4. The Morgan fingerprint density at radius 2 is 1.82 bits per heavy atom. The van der Waals surface area contributed by atoms with Crippen LogP contribution in [0.4, 0.5) is 15.8 Å². The number of halogens is 1. The Kier molecular flexibility index (Phi) is 8.21. The van der Waals surface area contributed by atoms with Crippen molar-refractivity contribution in [2.45, 2.75) is 69.9 Å². The van der Waals surface area contributed by atoms with Gasteiger partial charge in [-0.05, 0) is 68.7 Å². The summed E-state index contributed by atoms with van der Waals surface area (Å²) in [5, 5.41) is 22.1. The molecule has 0 atom stereocenters. The first kappa shape index (κ1) is 27.5. The molecule has 3 aliphatic rings. The highest BCUT2D eigenvalue weighted by atomic mass is 19.1. The lowest BCUT2D eigenvalue weighted by molar-refractivity contribution is 0.288. The zero-order valence-corrected chi connectivity index (χ0v) is 23.1. The van der Waals surface area contributed by atoms with Gasteiger partial charge in [0.2, 0.25) is 0 Å². The van der Waals surface area contributed by atoms with Gasteiger partial charge in [-0.25, -0.2) is 9.37 Å². The summed E-state index contributed by atoms with van der Waals surface area (Å²) in [6.45, 7) is 0.995. The van der Waals surface area contributed by atoms with E-state index < -0.39 is 0 Å². The van der Waals surface area contributed by atoms with E-state index in [2.05, 4.69) is 16.4 Å². The van der Waals surface area contributed by atoms with Gasteiger partial charge in [0.25, 0.3) is 5.56 Å². The average Bonchev–Trinajstić information content (AvgIpc) is 3.92. The number of rotatable bonds is 7. The third kappa shape index (κ3) is 6.20. The van der Waals surface area contributed by atoms with Crippen molar-refractivity contribution in [3.05, 3.63) is 57.8 Å². The minimum absolute atomic E-state index is 0.0978. The normalized spacial score (nSPS) is 16.8. The molecule has 2 aromatic heterocycles. The van der Waals surface area contributed by atoms with E-state index in [1.54, 1.807) is 31.3 Å². The molecule has 3 saturated carbocycles. The Labute approximate surface area is 234 Å². The molecule has 0 unspecified atom stereocenters. The highest BCUT2D eigenvalue weighted by molar-refractivity contribution is 5.92. The molecule has 0 saturated heterocycles. The minimum Gasteiger partial charge on any atom is -0.487 e. The van der Waals surface area contributed by atoms with Crippen LogP contribution in [0.2, 0.25) is 0 Å². The third-order valence-electron chi connectivity index (χ3n) is 7.96. The summed E-state index contributed by atoms with van der Waals surface area (Å²) < 4.78 is 20.4. The number of aromatic nitrogens is 2. The quantitative estimate of drug-likeness (QED) is 0.412. The maximum Gasteiger partial charge on any atom is 0.270 e. The van der Waals surface area contributed by atoms with Gasteiger partial charge < -0.3 is 19.5 Å². The lowest BCUT2D eigenvalue weighted by atomic mass is 9.93. The predicted octanol–water partition coefficient (Wildman–Crippen LogP) is 5.63. The molecule has 0 radical (unpaired) electrons. The molecule has 8 nitrogen and oxygen atoms in total. The van der Waals surface area contributed by atoms with Crippen LogP contribution >= 0.6 is 0 Å². The fourth-order valence-electron chi connectivity index (χ4n) is 5.20. The number of anilines is 2. The second-order valence-corrected chi connectivity index (χ2v) is 11.1. The first-order valence-electron chi connectivity index (χ1n) is 14.2. The van der Waals surface area contributed by atoms with Crippen LogP contribution in [0.15, 0.2) is 35.1 Å². The Balaban J connectivity index is 0.000000174. The molecule has 2 heterocycles. The van der Waals surface area contributed by atoms with Crippen LogP contribution in [-0.2, 0) is 7.05 Å². The largest absolute Gasteiger partial charge is 0.487 e. The van der Waals surface area contributed by atoms with Crippen molar-refractivity contribution < 1.29 is 9.13 Å². The molecule has 0 aliphatic heterocycles. The first-order chi connectivity index (χ1) is 19.4. The molecule has 0 amide bonds. The van der Waals surface area contributed by atoms with Gasteiger partial charge in [0.15, 0.2) is 11.6 Å². The standard InChI is InChI=1S/C18H19N5O.C13H16FNO/c1-22(13-6-4-3-5-7-13)17-14(11-20)18(24)23(2)15-9-8-12(10-19)21-16(15)17;14-12-6-3-10(15-8-9-1-2-9)7-13(12)16-11-4-5-11/h8-9,13H,3-7H2,1-2H3;3,6-7,9,11,15H,1-2,4-5,8H2. The van der Waals surface area contributed by atoms with Gasteiger partial charge in [0, 0.05) is 38.4 Å². The number of nitrogens with one attached hydrogen (secondary N) is 1. The highest BCUT2D eigenvalue weighted by Crippen LogP contribution is 2.33. The summed E-state index contributed by atoms with van der Waals surface area (Å²) in [5.41, 5.74) is 2.75. The van der Waals surface area contributed by atoms with E-state index in [1.807, 2.05) is 18.0 Å². The molecule has 3 aromatic rings. The lowest BCUT2D eigenvalue weighted by Crippen LogP contribution is -2.36. The summed E-state index contributed by atoms with van der Waals surface area (Å²) in [5.74, 6) is 0.949. The monoisotopic (exact) mass is 542 g/mol. The van der Waals surface area contributed by atoms with Crippen LogP contribution < -0.4 is 20.5 Å². The van der Waals surface area contributed by atoms with Gasteiger partial charge in [0.05, 0.1) is 17.3 Å². The number of nitriles is 2. The van der Waals surface area contributed by atoms with Crippen molar-refractivity contribution >= 4 is 22.4 Å². The van der Waals surface area contributed by atoms with Crippen LogP contribution in [0.5, 0.6) is 5.75 Å². The van der Waals surface area contributed by atoms with Crippen molar-refractivity contribution in [3.63, 3.8) is 0 Å². The van der Waals surface area contributed by atoms with Crippen LogP contribution in [0, 0.1) is 34.4 Å². The zero-order valence-electron chi connectivity index (χ0n) is 23.1. The van der Waals surface area contributed by atoms with Crippen molar-refractivity contribution in [3.8, 4) is 17.9 Å². The van der Waals surface area contributed by atoms with Crippen molar-refractivity contribution in [2.24, 2.45) is 13.0 Å². The van der Waals surface area contributed by atoms with Gasteiger partial charge in [-0.15, -0.1) is 0 Å². The topological polar surface area (TPSA) is 107 Å². The van der Waals surface area contributed by atoms with Gasteiger partial charge in [-0.3, -0.25) is 4.79 Å². The summed E-state index contributed by atoms with van der Waals surface area (Å²) in [6, 6.07) is 12.7. The fraction of sp³-hybridized carbons (Fsp3) is 0.484. The Morgan fingerprint density at radius 3 is 2.48 bits per heavy atom. The fourth-order valence-corrected chi connectivity index (χ4v) is 5.20. The summed E-state index contributed by atoms with van der Waals surface area (Å²) in [4.78, 5) is 19.0. The van der Waals surface area contributed by atoms with E-state index in [4.69, 9.17) is 10.00 Å². The molecule has 1 aromatic carbocycles. The molecule has 0 spiro atoms. The predicted molar refractivity (Wildman–Crippen MR) is 153 cm³/mol. The lowest BCUT2D eigenvalue weighted by Gasteiger charge is -2.33. The molecule has 208 valence electrons. The first-order valence-corrected chi connectivity index (χ1v) is 14.2. The van der Waals surface area contributed by atoms with Crippen LogP contribution in [0.25, 0.3) is 11.0 Å². The number of hydrogen-bond acceptors (Lipinski definition) is 7. The van der Waals surface area contributed by atoms with Gasteiger partial charge in [0.1, 0.15) is 28.9 Å². The van der Waals surface area contributed by atoms with E-state index in [0.717, 1.165) is 56.7 Å². The van der Waals surface area contributed by atoms with Crippen LogP contribution in [0.1, 0.15) is 69.0 Å². The number of hydrogen-bond donors (Lipinski definition) is 1. The second-order valence-electron chi connectivity index (χ2n) is 11.1. The van der Waals surface area contributed by atoms with Crippen molar-refractivity contribution in [1.82, 2.24) is 9.55 Å². The Hall–Kier alpha value is -4.11. The highest BCUT2D eigenvalue weighted by Gasteiger charge is 2.27. The number of ether oxygens (including phenoxy) is 1. The summed E-state index contributed by atoms with van der Waals surface area (Å²) in [6.07, 6.45) is 10.6. The molecule has 1 N–H and O–H groups in total. The summed E-state index contributed by atoms with van der Waals surface area (Å²) in [7, 11) is 3.55. The average molecular weight is 543 g/mol. The smallest absolute Gasteiger partial charge is 0.270 e. The number of aryl methyl sites for hydroxylation is 1. The van der Waals surface area contributed by atoms with Gasteiger partial charge in [-0.2, -0.15) is 10.5 Å². The van der Waals surface area contributed by atoms with Gasteiger partial charge in [-0.1, -0.05) is 19.3 Å². The molecule has 3 aliphatic carbocycles.